The Bertz CT molecular complexity index is 1030. The normalized spacial score (nSPS) is 20.4. The van der Waals surface area contributed by atoms with Crippen LogP contribution in [0.25, 0.3) is 10.8 Å². The lowest BCUT2D eigenvalue weighted by molar-refractivity contribution is -0.142. The zero-order valence-electron chi connectivity index (χ0n) is 20.1. The molecule has 3 atom stereocenters. The van der Waals surface area contributed by atoms with E-state index in [0.717, 1.165) is 35.6 Å². The molecule has 34 heavy (non-hydrogen) atoms. The summed E-state index contributed by atoms with van der Waals surface area (Å²) in [6.07, 6.45) is 3.38. The van der Waals surface area contributed by atoms with Crippen molar-refractivity contribution in [1.82, 2.24) is 15.5 Å². The Morgan fingerprint density at radius 2 is 1.82 bits per heavy atom. The quantitative estimate of drug-likeness (QED) is 0.528. The highest BCUT2D eigenvalue weighted by atomic mass is 16.6. The monoisotopic (exact) mass is 465 g/mol. The van der Waals surface area contributed by atoms with Gasteiger partial charge in [0.1, 0.15) is 12.1 Å². The van der Waals surface area contributed by atoms with Crippen LogP contribution in [0.4, 0.5) is 0 Å². The summed E-state index contributed by atoms with van der Waals surface area (Å²) in [4.78, 5) is 41.1. The van der Waals surface area contributed by atoms with Crippen LogP contribution in [-0.2, 0) is 25.5 Å². The third kappa shape index (κ3) is 5.76. The van der Waals surface area contributed by atoms with Gasteiger partial charge in [-0.2, -0.15) is 0 Å². The fourth-order valence-electron chi connectivity index (χ4n) is 4.78. The minimum atomic E-state index is -0.724. The van der Waals surface area contributed by atoms with Crippen molar-refractivity contribution >= 4 is 28.5 Å². The molecule has 2 N–H and O–H groups in total. The molecule has 0 aromatic heterocycles. The number of nitrogens with zero attached hydrogens (tertiary/aromatic N) is 1. The lowest BCUT2D eigenvalue weighted by atomic mass is 10.00. The highest BCUT2D eigenvalue weighted by Crippen LogP contribution is 2.23. The smallest absolute Gasteiger partial charge is 0.243 e. The van der Waals surface area contributed by atoms with Gasteiger partial charge in [-0.25, -0.2) is 0 Å². The number of carbonyl (C=O) groups excluding carboxylic acids is 3. The standard InChI is InChI=1S/C27H35N3O4/c1-3-19(4-2)27(33)30-13-7-10-24(30)26(32)29-23(25(31)28-16-22-17-34-22)15-18-11-12-20-8-5-6-9-21(20)14-18/h5-6,8-9,11-12,14,19,22-24H,3-4,7,10,13,15-17H2,1-2H3,(H,28,31)(H,29,32). The minimum absolute atomic E-state index is 0.0454. The van der Waals surface area contributed by atoms with E-state index in [1.807, 2.05) is 50.2 Å². The van der Waals surface area contributed by atoms with Gasteiger partial charge in [0.25, 0.3) is 0 Å². The SMILES string of the molecule is CCC(CC)C(=O)N1CCCC1C(=O)NC(Cc1ccc2ccccc2c1)C(=O)NCC1CO1. The largest absolute Gasteiger partial charge is 0.371 e. The maximum atomic E-state index is 13.3. The number of carbonyl (C=O) groups is 3. The maximum absolute atomic E-state index is 13.3. The fourth-order valence-corrected chi connectivity index (χ4v) is 4.78. The van der Waals surface area contributed by atoms with Gasteiger partial charge >= 0.3 is 0 Å². The minimum Gasteiger partial charge on any atom is -0.371 e. The maximum Gasteiger partial charge on any atom is 0.243 e. The summed E-state index contributed by atoms with van der Waals surface area (Å²) < 4.78 is 5.21. The number of fused-ring (bicyclic) bond motifs is 1. The average Bonchev–Trinajstić information content (AvgIpc) is 3.55. The first kappa shape index (κ1) is 24.2. The Morgan fingerprint density at radius 3 is 2.53 bits per heavy atom. The summed E-state index contributed by atoms with van der Waals surface area (Å²) in [6.45, 7) is 5.69. The molecule has 3 unspecified atom stereocenters. The number of epoxide rings is 1. The molecule has 2 aromatic rings. The van der Waals surface area contributed by atoms with E-state index < -0.39 is 12.1 Å². The molecule has 2 heterocycles. The van der Waals surface area contributed by atoms with Gasteiger partial charge in [0.15, 0.2) is 0 Å². The zero-order valence-corrected chi connectivity index (χ0v) is 20.1. The molecule has 4 rings (SSSR count). The van der Waals surface area contributed by atoms with E-state index in [-0.39, 0.29) is 29.7 Å². The van der Waals surface area contributed by atoms with E-state index >= 15 is 0 Å². The van der Waals surface area contributed by atoms with E-state index in [2.05, 4.69) is 16.7 Å². The molecule has 7 nitrogen and oxygen atoms in total. The van der Waals surface area contributed by atoms with Crippen LogP contribution in [0, 0.1) is 5.92 Å². The Kier molecular flexibility index (Phi) is 7.83. The highest BCUT2D eigenvalue weighted by Gasteiger charge is 2.37. The molecule has 2 fully saturated rings. The molecule has 3 amide bonds. The number of hydrogen-bond donors (Lipinski definition) is 2. The van der Waals surface area contributed by atoms with Crippen LogP contribution in [-0.4, -0.2) is 60.5 Å². The number of rotatable bonds is 10. The van der Waals surface area contributed by atoms with Crippen LogP contribution in [0.3, 0.4) is 0 Å². The van der Waals surface area contributed by atoms with E-state index in [0.29, 0.717) is 32.5 Å². The topological polar surface area (TPSA) is 91.0 Å². The van der Waals surface area contributed by atoms with Crippen molar-refractivity contribution < 1.29 is 19.1 Å². The summed E-state index contributed by atoms with van der Waals surface area (Å²) in [5.41, 5.74) is 0.971. The molecular weight excluding hydrogens is 430 g/mol. The molecule has 0 radical (unpaired) electrons. The first-order valence-corrected chi connectivity index (χ1v) is 12.5. The predicted molar refractivity (Wildman–Crippen MR) is 131 cm³/mol. The molecule has 2 aliphatic heterocycles. The predicted octanol–water partition coefficient (Wildman–Crippen LogP) is 2.81. The van der Waals surface area contributed by atoms with Gasteiger partial charge < -0.3 is 20.3 Å². The molecule has 2 aromatic carbocycles. The van der Waals surface area contributed by atoms with Crippen molar-refractivity contribution in [2.24, 2.45) is 5.92 Å². The Balaban J connectivity index is 1.49. The van der Waals surface area contributed by atoms with E-state index in [4.69, 9.17) is 4.74 Å². The summed E-state index contributed by atoms with van der Waals surface area (Å²) in [5.74, 6) is -0.499. The van der Waals surface area contributed by atoms with Crippen LogP contribution >= 0.6 is 0 Å². The summed E-state index contributed by atoms with van der Waals surface area (Å²) in [6, 6.07) is 12.9. The molecule has 2 saturated heterocycles. The number of nitrogens with one attached hydrogen (secondary N) is 2. The highest BCUT2D eigenvalue weighted by molar-refractivity contribution is 5.93. The molecular formula is C27H35N3O4. The molecule has 0 spiro atoms. The van der Waals surface area contributed by atoms with Crippen LogP contribution in [0.2, 0.25) is 0 Å². The summed E-state index contributed by atoms with van der Waals surface area (Å²) in [7, 11) is 0. The molecule has 0 aliphatic carbocycles. The molecule has 2 aliphatic rings. The Morgan fingerprint density at radius 1 is 1.09 bits per heavy atom. The zero-order chi connectivity index (χ0) is 24.1. The van der Waals surface area contributed by atoms with Crippen LogP contribution in [0.15, 0.2) is 42.5 Å². The van der Waals surface area contributed by atoms with Gasteiger partial charge in [0.05, 0.1) is 12.7 Å². The van der Waals surface area contributed by atoms with Crippen molar-refractivity contribution in [1.29, 1.82) is 0 Å². The third-order valence-corrected chi connectivity index (χ3v) is 6.97. The average molecular weight is 466 g/mol. The lowest BCUT2D eigenvalue weighted by Crippen LogP contribution is -2.54. The van der Waals surface area contributed by atoms with Gasteiger partial charge in [-0.1, -0.05) is 56.3 Å². The van der Waals surface area contributed by atoms with Gasteiger partial charge in [-0.05, 0) is 42.0 Å². The summed E-state index contributed by atoms with van der Waals surface area (Å²) in [5, 5.41) is 8.10. The number of benzene rings is 2. The third-order valence-electron chi connectivity index (χ3n) is 6.97. The van der Waals surface area contributed by atoms with Crippen molar-refractivity contribution in [3.8, 4) is 0 Å². The van der Waals surface area contributed by atoms with Crippen LogP contribution in [0.5, 0.6) is 0 Å². The molecule has 0 bridgehead atoms. The summed E-state index contributed by atoms with van der Waals surface area (Å²) >= 11 is 0. The number of amides is 3. The van der Waals surface area contributed by atoms with Gasteiger partial charge in [0.2, 0.25) is 17.7 Å². The first-order chi connectivity index (χ1) is 16.5. The molecule has 0 saturated carbocycles. The van der Waals surface area contributed by atoms with E-state index in [1.165, 1.54) is 0 Å². The van der Waals surface area contributed by atoms with Crippen LogP contribution < -0.4 is 10.6 Å². The van der Waals surface area contributed by atoms with Crippen molar-refractivity contribution in [2.75, 3.05) is 19.7 Å². The van der Waals surface area contributed by atoms with Gasteiger partial charge in [0, 0.05) is 25.4 Å². The van der Waals surface area contributed by atoms with Gasteiger partial charge in [-0.15, -0.1) is 0 Å². The second-order valence-corrected chi connectivity index (χ2v) is 9.35. The molecule has 182 valence electrons. The van der Waals surface area contributed by atoms with E-state index in [9.17, 15) is 14.4 Å². The number of ether oxygens (including phenoxy) is 1. The second kappa shape index (κ2) is 11.0. The lowest BCUT2D eigenvalue weighted by Gasteiger charge is -2.29. The second-order valence-electron chi connectivity index (χ2n) is 9.35. The van der Waals surface area contributed by atoms with Crippen LogP contribution in [0.1, 0.15) is 45.1 Å². The first-order valence-electron chi connectivity index (χ1n) is 12.5. The Hall–Kier alpha value is -2.93. The van der Waals surface area contributed by atoms with Crippen molar-refractivity contribution in [3.63, 3.8) is 0 Å². The number of likely N-dealkylation sites (tertiary alicyclic amines) is 1. The Labute approximate surface area is 201 Å². The van der Waals surface area contributed by atoms with Crippen molar-refractivity contribution in [3.05, 3.63) is 48.0 Å². The molecule has 7 heteroatoms. The fraction of sp³-hybridized carbons (Fsp3) is 0.519. The number of hydrogen-bond acceptors (Lipinski definition) is 4. The van der Waals surface area contributed by atoms with E-state index in [1.54, 1.807) is 4.90 Å². The van der Waals surface area contributed by atoms with Gasteiger partial charge in [-0.3, -0.25) is 14.4 Å². The van der Waals surface area contributed by atoms with Crippen molar-refractivity contribution in [2.45, 2.75) is 64.1 Å².